The lowest BCUT2D eigenvalue weighted by molar-refractivity contribution is -0.129. The molecule has 0 amide bonds. The van der Waals surface area contributed by atoms with Crippen molar-refractivity contribution < 1.29 is 23.5 Å². The molecule has 3 aromatic rings. The number of hydrogen-bond donors (Lipinski definition) is 0. The van der Waals surface area contributed by atoms with Crippen molar-refractivity contribution in [2.24, 2.45) is 4.99 Å². The van der Waals surface area contributed by atoms with Crippen LogP contribution >= 0.6 is 0 Å². The molecule has 2 aromatic carbocycles. The maximum Gasteiger partial charge on any atom is 0.363 e. The van der Waals surface area contributed by atoms with E-state index in [1.54, 1.807) is 45.4 Å². The third-order valence-corrected chi connectivity index (χ3v) is 4.46. The number of cyclic esters (lactones) is 1. The van der Waals surface area contributed by atoms with Gasteiger partial charge in [0.2, 0.25) is 5.90 Å². The molecular formula is C22H18N2O5. The van der Waals surface area contributed by atoms with E-state index in [1.807, 2.05) is 30.3 Å². The van der Waals surface area contributed by atoms with Gasteiger partial charge in [-0.15, -0.1) is 0 Å². The standard InChI is InChI=1S/C22H18N2O5/c1-13-19(20(24-29-13)15-7-5-4-6-8-15)21-23-16(22(25)28-21)11-14-9-10-17(26-2)18(12-14)27-3/h4-12H,1-3H3. The van der Waals surface area contributed by atoms with Crippen LogP contribution in [0.1, 0.15) is 16.9 Å². The van der Waals surface area contributed by atoms with Crippen molar-refractivity contribution in [1.82, 2.24) is 5.16 Å². The molecule has 0 radical (unpaired) electrons. The lowest BCUT2D eigenvalue weighted by atomic mass is 10.1. The Labute approximate surface area is 167 Å². The summed E-state index contributed by atoms with van der Waals surface area (Å²) < 4.78 is 21.3. The molecular weight excluding hydrogens is 372 g/mol. The molecule has 0 aliphatic carbocycles. The summed E-state index contributed by atoms with van der Waals surface area (Å²) in [6, 6.07) is 14.8. The van der Waals surface area contributed by atoms with E-state index in [0.29, 0.717) is 28.5 Å². The summed E-state index contributed by atoms with van der Waals surface area (Å²) in [6.07, 6.45) is 1.63. The SMILES string of the molecule is COc1ccc(C=C2N=C(c3c(-c4ccccc4)noc3C)OC2=O)cc1OC. The van der Waals surface area contributed by atoms with E-state index in [4.69, 9.17) is 18.7 Å². The first kappa shape index (κ1) is 18.5. The highest BCUT2D eigenvalue weighted by Crippen LogP contribution is 2.31. The summed E-state index contributed by atoms with van der Waals surface area (Å²) in [5.41, 5.74) is 2.87. The summed E-state index contributed by atoms with van der Waals surface area (Å²) in [7, 11) is 3.11. The zero-order valence-electron chi connectivity index (χ0n) is 16.1. The number of nitrogens with zero attached hydrogens (tertiary/aromatic N) is 2. The number of methoxy groups -OCH3 is 2. The number of aromatic nitrogens is 1. The highest BCUT2D eigenvalue weighted by atomic mass is 16.6. The Morgan fingerprint density at radius 2 is 1.76 bits per heavy atom. The Hall–Kier alpha value is -3.87. The van der Waals surface area contributed by atoms with E-state index in [1.165, 1.54) is 0 Å². The van der Waals surface area contributed by atoms with Gasteiger partial charge in [0.25, 0.3) is 0 Å². The Morgan fingerprint density at radius 1 is 1.00 bits per heavy atom. The smallest absolute Gasteiger partial charge is 0.363 e. The number of carbonyl (C=O) groups excluding carboxylic acids is 1. The molecule has 1 aliphatic rings. The highest BCUT2D eigenvalue weighted by Gasteiger charge is 2.30. The number of carbonyl (C=O) groups is 1. The van der Waals surface area contributed by atoms with Crippen LogP contribution in [0.3, 0.4) is 0 Å². The quantitative estimate of drug-likeness (QED) is 0.483. The summed E-state index contributed by atoms with van der Waals surface area (Å²) in [4.78, 5) is 16.8. The third-order valence-electron chi connectivity index (χ3n) is 4.46. The summed E-state index contributed by atoms with van der Waals surface area (Å²) in [5.74, 6) is 1.29. The van der Waals surface area contributed by atoms with Crippen molar-refractivity contribution in [3.8, 4) is 22.8 Å². The molecule has 7 heteroatoms. The molecule has 1 aliphatic heterocycles. The Balaban J connectivity index is 1.73. The first-order chi connectivity index (χ1) is 14.1. The average Bonchev–Trinajstić information content (AvgIpc) is 3.30. The molecule has 4 rings (SSSR count). The Morgan fingerprint density at radius 3 is 2.48 bits per heavy atom. The highest BCUT2D eigenvalue weighted by molar-refractivity contribution is 6.15. The topological polar surface area (TPSA) is 83.2 Å². The predicted octanol–water partition coefficient (Wildman–Crippen LogP) is 4.01. The molecule has 146 valence electrons. The van der Waals surface area contributed by atoms with Gasteiger partial charge in [-0.2, -0.15) is 0 Å². The monoisotopic (exact) mass is 390 g/mol. The van der Waals surface area contributed by atoms with Gasteiger partial charge in [0.1, 0.15) is 17.0 Å². The second-order valence-corrected chi connectivity index (χ2v) is 6.28. The fourth-order valence-electron chi connectivity index (χ4n) is 3.03. The third kappa shape index (κ3) is 3.50. The predicted molar refractivity (Wildman–Crippen MR) is 107 cm³/mol. The number of rotatable bonds is 5. The number of hydrogen-bond acceptors (Lipinski definition) is 7. The minimum atomic E-state index is -0.547. The summed E-state index contributed by atoms with van der Waals surface area (Å²) >= 11 is 0. The van der Waals surface area contributed by atoms with Gasteiger partial charge in [-0.1, -0.05) is 41.6 Å². The van der Waals surface area contributed by atoms with E-state index in [2.05, 4.69) is 10.1 Å². The van der Waals surface area contributed by atoms with E-state index < -0.39 is 5.97 Å². The van der Waals surface area contributed by atoms with Crippen molar-refractivity contribution >= 4 is 17.9 Å². The van der Waals surface area contributed by atoms with Crippen LogP contribution in [0.4, 0.5) is 0 Å². The van der Waals surface area contributed by atoms with Gasteiger partial charge in [0, 0.05) is 5.56 Å². The Bertz CT molecular complexity index is 1130. The first-order valence-electron chi connectivity index (χ1n) is 8.87. The van der Waals surface area contributed by atoms with Crippen LogP contribution in [-0.2, 0) is 9.53 Å². The van der Waals surface area contributed by atoms with Crippen molar-refractivity contribution in [2.45, 2.75) is 6.92 Å². The maximum absolute atomic E-state index is 12.4. The van der Waals surface area contributed by atoms with Gasteiger partial charge < -0.3 is 18.7 Å². The van der Waals surface area contributed by atoms with Crippen molar-refractivity contribution in [3.63, 3.8) is 0 Å². The second-order valence-electron chi connectivity index (χ2n) is 6.28. The molecule has 0 N–H and O–H groups in total. The van der Waals surface area contributed by atoms with E-state index >= 15 is 0 Å². The van der Waals surface area contributed by atoms with Crippen LogP contribution in [0, 0.1) is 6.92 Å². The lowest BCUT2D eigenvalue weighted by Crippen LogP contribution is -2.07. The molecule has 0 fully saturated rings. The van der Waals surface area contributed by atoms with E-state index in [0.717, 1.165) is 11.1 Å². The van der Waals surface area contributed by atoms with Crippen molar-refractivity contribution in [1.29, 1.82) is 0 Å². The summed E-state index contributed by atoms with van der Waals surface area (Å²) in [5, 5.41) is 4.11. The zero-order valence-corrected chi connectivity index (χ0v) is 16.1. The first-order valence-corrected chi connectivity index (χ1v) is 8.87. The van der Waals surface area contributed by atoms with Crippen LogP contribution in [0.15, 0.2) is 63.7 Å². The fourth-order valence-corrected chi connectivity index (χ4v) is 3.03. The number of aliphatic imine (C=N–C) groups is 1. The number of esters is 1. The molecule has 1 aromatic heterocycles. The molecule has 0 saturated carbocycles. The van der Waals surface area contributed by atoms with Crippen LogP contribution in [0.25, 0.3) is 17.3 Å². The maximum atomic E-state index is 12.4. The number of aryl methyl sites for hydroxylation is 1. The molecule has 0 bridgehead atoms. The Kier molecular flexibility index (Phi) is 4.87. The molecule has 0 saturated heterocycles. The van der Waals surface area contributed by atoms with E-state index in [9.17, 15) is 4.79 Å². The largest absolute Gasteiger partial charge is 0.493 e. The lowest BCUT2D eigenvalue weighted by Gasteiger charge is -2.07. The van der Waals surface area contributed by atoms with Gasteiger partial charge in [0.05, 0.1) is 14.2 Å². The van der Waals surface area contributed by atoms with Crippen LogP contribution in [-0.4, -0.2) is 31.2 Å². The molecule has 7 nitrogen and oxygen atoms in total. The van der Waals surface area contributed by atoms with Gasteiger partial charge in [-0.3, -0.25) is 0 Å². The second kappa shape index (κ2) is 7.63. The van der Waals surface area contributed by atoms with Crippen LogP contribution < -0.4 is 9.47 Å². The zero-order chi connectivity index (χ0) is 20.4. The normalized spacial score (nSPS) is 14.7. The molecule has 29 heavy (non-hydrogen) atoms. The summed E-state index contributed by atoms with van der Waals surface area (Å²) in [6.45, 7) is 1.75. The molecule has 0 atom stereocenters. The van der Waals surface area contributed by atoms with Gasteiger partial charge in [-0.05, 0) is 30.7 Å². The van der Waals surface area contributed by atoms with Crippen LogP contribution in [0.2, 0.25) is 0 Å². The minimum absolute atomic E-state index is 0.166. The van der Waals surface area contributed by atoms with Gasteiger partial charge in [0.15, 0.2) is 17.2 Å². The van der Waals surface area contributed by atoms with E-state index in [-0.39, 0.29) is 11.6 Å². The fraction of sp³-hybridized carbons (Fsp3) is 0.136. The van der Waals surface area contributed by atoms with Gasteiger partial charge in [-0.25, -0.2) is 9.79 Å². The van der Waals surface area contributed by atoms with Crippen molar-refractivity contribution in [3.05, 3.63) is 71.1 Å². The molecule has 2 heterocycles. The number of ether oxygens (including phenoxy) is 3. The van der Waals surface area contributed by atoms with Crippen LogP contribution in [0.5, 0.6) is 11.5 Å². The minimum Gasteiger partial charge on any atom is -0.493 e. The van der Waals surface area contributed by atoms with Gasteiger partial charge >= 0.3 is 5.97 Å². The molecule has 0 spiro atoms. The molecule has 0 unspecified atom stereocenters. The van der Waals surface area contributed by atoms with Crippen molar-refractivity contribution in [2.75, 3.05) is 14.2 Å². The number of benzene rings is 2. The average molecular weight is 390 g/mol.